The minimum atomic E-state index is -1.47. The molecule has 2 aliphatic heterocycles. The lowest BCUT2D eigenvalue weighted by Gasteiger charge is -2.44. The van der Waals surface area contributed by atoms with Crippen molar-refractivity contribution in [2.75, 3.05) is 33.1 Å². The van der Waals surface area contributed by atoms with Crippen LogP contribution >= 0.6 is 11.8 Å². The number of aliphatic hydroxyl groups excluding tert-OH is 3. The van der Waals surface area contributed by atoms with Crippen molar-refractivity contribution in [1.82, 2.24) is 10.2 Å². The molecule has 2 saturated heterocycles. The van der Waals surface area contributed by atoms with Gasteiger partial charge in [0.05, 0.1) is 18.2 Å². The van der Waals surface area contributed by atoms with Crippen LogP contribution in [0.4, 0.5) is 0 Å². The van der Waals surface area contributed by atoms with Crippen molar-refractivity contribution in [1.29, 1.82) is 0 Å². The predicted octanol–water partition coefficient (Wildman–Crippen LogP) is -0.516. The highest BCUT2D eigenvalue weighted by molar-refractivity contribution is 7.99. The van der Waals surface area contributed by atoms with Gasteiger partial charge < -0.3 is 34.8 Å². The third-order valence-corrected chi connectivity index (χ3v) is 7.17. The smallest absolute Gasteiger partial charge is 0.305 e. The molecule has 32 heavy (non-hydrogen) atoms. The molecule has 4 N–H and O–H groups in total. The van der Waals surface area contributed by atoms with Crippen LogP contribution < -0.4 is 5.32 Å². The number of carbonyl (C=O) groups excluding carboxylic acids is 2. The molecule has 8 atom stereocenters. The molecular weight excluding hydrogens is 440 g/mol. The van der Waals surface area contributed by atoms with Crippen LogP contribution in [0.2, 0.25) is 0 Å². The van der Waals surface area contributed by atoms with Crippen molar-refractivity contribution in [2.45, 2.75) is 87.6 Å². The highest BCUT2D eigenvalue weighted by atomic mass is 32.2. The van der Waals surface area contributed by atoms with Crippen LogP contribution in [0, 0.1) is 0 Å². The number of likely N-dealkylation sites (tertiary alicyclic amines) is 1. The van der Waals surface area contributed by atoms with Crippen LogP contribution in [-0.4, -0.2) is 113 Å². The zero-order valence-corrected chi connectivity index (χ0v) is 20.1. The summed E-state index contributed by atoms with van der Waals surface area (Å²) in [5.74, 6) is -0.140. The second-order valence-electron chi connectivity index (χ2n) is 8.40. The molecule has 0 radical (unpaired) electrons. The van der Waals surface area contributed by atoms with Crippen LogP contribution in [0.5, 0.6) is 0 Å². The molecule has 0 aromatic rings. The summed E-state index contributed by atoms with van der Waals surface area (Å²) < 4.78 is 16.5. The molecule has 2 fully saturated rings. The van der Waals surface area contributed by atoms with E-state index in [1.807, 2.05) is 18.9 Å². The van der Waals surface area contributed by atoms with Gasteiger partial charge in [-0.25, -0.2) is 0 Å². The molecule has 0 spiro atoms. The lowest BCUT2D eigenvalue weighted by atomic mass is 9.92. The number of aliphatic hydroxyl groups is 3. The van der Waals surface area contributed by atoms with E-state index in [-0.39, 0.29) is 24.5 Å². The second-order valence-corrected chi connectivity index (χ2v) is 9.60. The van der Waals surface area contributed by atoms with Gasteiger partial charge in [0, 0.05) is 19.3 Å². The standard InChI is InChI=1S/C21H38N2O8S/c1-5-7-14(24)30-10-11-32-21-18(27)16(25)17(26)19(31-21)15(12(2)29-4)22-20(28)13-8-6-9-23(13)3/h12-13,15-19,21,25-27H,5-11H2,1-4H3,(H,22,28)/t12?,13-,15?,16?,17?,18?,19?,21?/m0/s1. The summed E-state index contributed by atoms with van der Waals surface area (Å²) in [6.07, 6.45) is -3.05. The Balaban J connectivity index is 2.04. The Kier molecular flexibility index (Phi) is 11.1. The molecule has 2 rings (SSSR count). The van der Waals surface area contributed by atoms with Crippen LogP contribution in [0.1, 0.15) is 39.5 Å². The quantitative estimate of drug-likeness (QED) is 0.227. The first-order valence-corrected chi connectivity index (χ1v) is 12.3. The molecule has 0 bridgehead atoms. The number of amides is 1. The molecule has 0 aromatic heterocycles. The first kappa shape index (κ1) is 27.3. The number of rotatable bonds is 11. The molecular formula is C21H38N2O8S. The maximum atomic E-state index is 12.9. The fraction of sp³-hybridized carbons (Fsp3) is 0.905. The van der Waals surface area contributed by atoms with Crippen molar-refractivity contribution >= 4 is 23.6 Å². The Morgan fingerprint density at radius 2 is 1.97 bits per heavy atom. The second kappa shape index (κ2) is 13.1. The third kappa shape index (κ3) is 7.02. The average Bonchev–Trinajstić information content (AvgIpc) is 3.20. The van der Waals surface area contributed by atoms with Crippen LogP contribution in [-0.2, 0) is 23.8 Å². The Hall–Kier alpha value is -0.950. The van der Waals surface area contributed by atoms with Gasteiger partial charge in [0.1, 0.15) is 36.5 Å². The molecule has 1 amide bonds. The van der Waals surface area contributed by atoms with Gasteiger partial charge in [-0.2, -0.15) is 0 Å². The SMILES string of the molecule is CCCC(=O)OCCSC1OC(C(NC(=O)[C@@H]2CCCN2C)C(C)OC)C(O)C(O)C1O. The van der Waals surface area contributed by atoms with Gasteiger partial charge in [-0.3, -0.25) is 14.5 Å². The number of methoxy groups -OCH3 is 1. The summed E-state index contributed by atoms with van der Waals surface area (Å²) in [6.45, 7) is 4.60. The van der Waals surface area contributed by atoms with E-state index < -0.39 is 42.0 Å². The largest absolute Gasteiger partial charge is 0.465 e. The number of hydrogen-bond donors (Lipinski definition) is 4. The van der Waals surface area contributed by atoms with Gasteiger partial charge in [0.2, 0.25) is 5.91 Å². The average molecular weight is 479 g/mol. The van der Waals surface area contributed by atoms with Crippen LogP contribution in [0.15, 0.2) is 0 Å². The van der Waals surface area contributed by atoms with Crippen LogP contribution in [0.3, 0.4) is 0 Å². The van der Waals surface area contributed by atoms with E-state index in [1.165, 1.54) is 18.9 Å². The summed E-state index contributed by atoms with van der Waals surface area (Å²) in [6, 6.07) is -1.02. The van der Waals surface area contributed by atoms with Crippen molar-refractivity contribution in [3.63, 3.8) is 0 Å². The van der Waals surface area contributed by atoms with E-state index >= 15 is 0 Å². The molecule has 0 aliphatic carbocycles. The van der Waals surface area contributed by atoms with Crippen molar-refractivity contribution < 1.29 is 39.1 Å². The number of likely N-dealkylation sites (N-methyl/N-ethyl adjacent to an activating group) is 1. The van der Waals surface area contributed by atoms with E-state index in [9.17, 15) is 24.9 Å². The number of hydrogen-bond acceptors (Lipinski definition) is 10. The Bertz CT molecular complexity index is 612. The lowest BCUT2D eigenvalue weighted by Crippen LogP contribution is -2.66. The van der Waals surface area contributed by atoms with E-state index in [2.05, 4.69) is 5.32 Å². The van der Waals surface area contributed by atoms with Gasteiger partial charge in [0.15, 0.2) is 0 Å². The molecule has 11 heteroatoms. The topological polar surface area (TPSA) is 138 Å². The molecule has 7 unspecified atom stereocenters. The Labute approximate surface area is 194 Å². The first-order chi connectivity index (χ1) is 15.2. The summed E-state index contributed by atoms with van der Waals surface area (Å²) in [5.41, 5.74) is -0.874. The van der Waals surface area contributed by atoms with E-state index in [4.69, 9.17) is 14.2 Å². The van der Waals surface area contributed by atoms with E-state index in [0.29, 0.717) is 18.6 Å². The van der Waals surface area contributed by atoms with Crippen molar-refractivity contribution in [2.24, 2.45) is 0 Å². The highest BCUT2D eigenvalue weighted by Gasteiger charge is 2.48. The van der Waals surface area contributed by atoms with Gasteiger partial charge in [0.25, 0.3) is 0 Å². The van der Waals surface area contributed by atoms with Gasteiger partial charge in [-0.1, -0.05) is 6.92 Å². The highest BCUT2D eigenvalue weighted by Crippen LogP contribution is 2.31. The molecule has 0 saturated carbocycles. The van der Waals surface area contributed by atoms with Crippen LogP contribution in [0.25, 0.3) is 0 Å². The third-order valence-electron chi connectivity index (χ3n) is 6.05. The summed E-state index contributed by atoms with van der Waals surface area (Å²) in [5, 5.41) is 34.4. The van der Waals surface area contributed by atoms with Gasteiger partial charge >= 0.3 is 5.97 Å². The summed E-state index contributed by atoms with van der Waals surface area (Å²) in [4.78, 5) is 26.3. The minimum Gasteiger partial charge on any atom is -0.465 e. The minimum absolute atomic E-state index is 0.141. The Morgan fingerprint density at radius 3 is 2.56 bits per heavy atom. The number of nitrogens with zero attached hydrogens (tertiary/aromatic N) is 1. The summed E-state index contributed by atoms with van der Waals surface area (Å²) in [7, 11) is 3.38. The zero-order chi connectivity index (χ0) is 23.8. The number of ether oxygens (including phenoxy) is 3. The summed E-state index contributed by atoms with van der Waals surface area (Å²) >= 11 is 1.17. The number of nitrogens with one attached hydrogen (secondary N) is 1. The molecule has 0 aromatic carbocycles. The monoisotopic (exact) mass is 478 g/mol. The van der Waals surface area contributed by atoms with E-state index in [0.717, 1.165) is 19.4 Å². The van der Waals surface area contributed by atoms with Gasteiger partial charge in [-0.15, -0.1) is 11.8 Å². The molecule has 10 nitrogen and oxygen atoms in total. The zero-order valence-electron chi connectivity index (χ0n) is 19.3. The predicted molar refractivity (Wildman–Crippen MR) is 119 cm³/mol. The fourth-order valence-electron chi connectivity index (χ4n) is 4.02. The van der Waals surface area contributed by atoms with E-state index in [1.54, 1.807) is 6.92 Å². The lowest BCUT2D eigenvalue weighted by molar-refractivity contribution is -0.212. The fourth-order valence-corrected chi connectivity index (χ4v) is 5.00. The van der Waals surface area contributed by atoms with Crippen molar-refractivity contribution in [3.8, 4) is 0 Å². The maximum absolute atomic E-state index is 12.9. The Morgan fingerprint density at radius 1 is 1.25 bits per heavy atom. The molecule has 2 aliphatic rings. The number of esters is 1. The molecule has 2 heterocycles. The first-order valence-electron chi connectivity index (χ1n) is 11.2. The maximum Gasteiger partial charge on any atom is 0.305 e. The van der Waals surface area contributed by atoms with Crippen molar-refractivity contribution in [3.05, 3.63) is 0 Å². The molecule has 186 valence electrons. The number of thioether (sulfide) groups is 1. The van der Waals surface area contributed by atoms with Gasteiger partial charge in [-0.05, 0) is 39.8 Å². The normalized spacial score (nSPS) is 33.0. The number of carbonyl (C=O) groups is 2.